The molecule has 1 atom stereocenters. The van der Waals surface area contributed by atoms with Crippen LogP contribution in [0, 0.1) is 12.3 Å². The van der Waals surface area contributed by atoms with E-state index in [4.69, 9.17) is 0 Å². The lowest BCUT2D eigenvalue weighted by Crippen LogP contribution is -2.17. The number of aliphatic hydroxyl groups excluding tert-OH is 1. The summed E-state index contributed by atoms with van der Waals surface area (Å²) in [5, 5.41) is 11.0. The van der Waals surface area contributed by atoms with Gasteiger partial charge in [-0.25, -0.2) is 4.98 Å². The Morgan fingerprint density at radius 2 is 2.00 bits per heavy atom. The minimum absolute atomic E-state index is 0.164. The molecule has 1 aromatic heterocycles. The minimum atomic E-state index is -0.495. The normalized spacial score (nSPS) is 14.3. The van der Waals surface area contributed by atoms with Crippen LogP contribution in [0.1, 0.15) is 37.4 Å². The molecule has 0 saturated heterocycles. The molecule has 0 amide bonds. The van der Waals surface area contributed by atoms with Gasteiger partial charge in [-0.1, -0.05) is 26.8 Å². The molecule has 2 aromatic rings. The number of hydrogen-bond acceptors (Lipinski definition) is 3. The average molecular weight is 235 g/mol. The Kier molecular flexibility index (Phi) is 2.76. The molecule has 3 heteroatoms. The van der Waals surface area contributed by atoms with Gasteiger partial charge in [0.05, 0.1) is 10.2 Å². The fraction of sp³-hybridized carbons (Fsp3) is 0.462. The van der Waals surface area contributed by atoms with Crippen LogP contribution in [0.25, 0.3) is 10.2 Å². The first-order chi connectivity index (χ1) is 7.38. The Morgan fingerprint density at radius 1 is 1.31 bits per heavy atom. The molecule has 2 nitrogen and oxygen atoms in total. The second-order valence-corrected chi connectivity index (χ2v) is 6.35. The zero-order chi connectivity index (χ0) is 11.9. The van der Waals surface area contributed by atoms with Gasteiger partial charge in [-0.2, -0.15) is 0 Å². The van der Waals surface area contributed by atoms with Gasteiger partial charge < -0.3 is 5.11 Å². The lowest BCUT2D eigenvalue weighted by molar-refractivity contribution is 0.0626. The van der Waals surface area contributed by atoms with Crippen LogP contribution in [0.15, 0.2) is 18.2 Å². The van der Waals surface area contributed by atoms with Crippen LogP contribution in [0.3, 0.4) is 0 Å². The maximum Gasteiger partial charge on any atom is 0.123 e. The molecule has 0 spiro atoms. The number of aliphatic hydroxyl groups is 1. The van der Waals surface area contributed by atoms with Gasteiger partial charge in [0.25, 0.3) is 0 Å². The summed E-state index contributed by atoms with van der Waals surface area (Å²) in [7, 11) is 0. The predicted octanol–water partition coefficient (Wildman–Crippen LogP) is 3.68. The third kappa shape index (κ3) is 2.11. The summed E-state index contributed by atoms with van der Waals surface area (Å²) < 4.78 is 1.14. The molecular weight excluding hydrogens is 218 g/mol. The molecule has 1 heterocycles. The van der Waals surface area contributed by atoms with Crippen molar-refractivity contribution < 1.29 is 5.11 Å². The summed E-state index contributed by atoms with van der Waals surface area (Å²) >= 11 is 1.58. The van der Waals surface area contributed by atoms with E-state index in [2.05, 4.69) is 30.1 Å². The van der Waals surface area contributed by atoms with E-state index < -0.39 is 6.10 Å². The average Bonchev–Trinajstić information content (AvgIpc) is 2.57. The van der Waals surface area contributed by atoms with Gasteiger partial charge in [-0.15, -0.1) is 11.3 Å². The number of fused-ring (bicyclic) bond motifs is 1. The van der Waals surface area contributed by atoms with E-state index in [0.717, 1.165) is 15.2 Å². The van der Waals surface area contributed by atoms with Crippen molar-refractivity contribution >= 4 is 21.6 Å². The lowest BCUT2D eigenvalue weighted by Gasteiger charge is -2.23. The van der Waals surface area contributed by atoms with Crippen LogP contribution >= 0.6 is 11.3 Å². The molecule has 0 unspecified atom stereocenters. The summed E-state index contributed by atoms with van der Waals surface area (Å²) in [5.41, 5.74) is 2.03. The van der Waals surface area contributed by atoms with Crippen molar-refractivity contribution in [3.8, 4) is 0 Å². The van der Waals surface area contributed by atoms with Crippen molar-refractivity contribution in [2.75, 3.05) is 0 Å². The van der Waals surface area contributed by atoms with Crippen molar-refractivity contribution in [3.63, 3.8) is 0 Å². The summed E-state index contributed by atoms with van der Waals surface area (Å²) in [4.78, 5) is 4.51. The fourth-order valence-electron chi connectivity index (χ4n) is 1.54. The number of rotatable bonds is 1. The molecule has 16 heavy (non-hydrogen) atoms. The highest BCUT2D eigenvalue weighted by atomic mass is 32.1. The summed E-state index contributed by atoms with van der Waals surface area (Å²) in [6, 6.07) is 6.21. The Balaban J connectivity index is 2.47. The lowest BCUT2D eigenvalue weighted by atomic mass is 9.90. The van der Waals surface area contributed by atoms with Crippen LogP contribution in [-0.4, -0.2) is 10.1 Å². The zero-order valence-corrected chi connectivity index (χ0v) is 10.9. The highest BCUT2D eigenvalue weighted by Crippen LogP contribution is 2.36. The molecule has 2 rings (SSSR count). The van der Waals surface area contributed by atoms with Crippen LogP contribution in [-0.2, 0) is 0 Å². The molecule has 0 aliphatic carbocycles. The topological polar surface area (TPSA) is 33.1 Å². The molecule has 86 valence electrons. The molecule has 1 aromatic carbocycles. The third-order valence-electron chi connectivity index (χ3n) is 2.61. The highest BCUT2D eigenvalue weighted by Gasteiger charge is 2.26. The number of aromatic nitrogens is 1. The van der Waals surface area contributed by atoms with Crippen LogP contribution < -0.4 is 0 Å². The fourth-order valence-corrected chi connectivity index (χ4v) is 2.72. The second-order valence-electron chi connectivity index (χ2n) is 5.29. The number of aryl methyl sites for hydroxylation is 1. The van der Waals surface area contributed by atoms with E-state index in [0.29, 0.717) is 0 Å². The zero-order valence-electron chi connectivity index (χ0n) is 10.1. The van der Waals surface area contributed by atoms with Gasteiger partial charge in [-0.05, 0) is 30.0 Å². The SMILES string of the molecule is Cc1ccc2sc([C@@H](O)C(C)(C)C)nc2c1. The molecule has 0 aliphatic rings. The molecule has 0 aliphatic heterocycles. The number of thiazole rings is 1. The molecule has 0 bridgehead atoms. The van der Waals surface area contributed by atoms with E-state index in [1.54, 1.807) is 11.3 Å². The Labute approximate surface area is 100.0 Å². The summed E-state index contributed by atoms with van der Waals surface area (Å²) in [5.74, 6) is 0. The minimum Gasteiger partial charge on any atom is -0.385 e. The maximum absolute atomic E-state index is 10.2. The molecule has 0 fully saturated rings. The Hall–Kier alpha value is -0.930. The van der Waals surface area contributed by atoms with Gasteiger partial charge in [0, 0.05) is 0 Å². The van der Waals surface area contributed by atoms with E-state index >= 15 is 0 Å². The standard InChI is InChI=1S/C13H17NOS/c1-8-5-6-10-9(7-8)14-12(16-10)11(15)13(2,3)4/h5-7,11,15H,1-4H3/t11-/m1/s1. The maximum atomic E-state index is 10.2. The highest BCUT2D eigenvalue weighted by molar-refractivity contribution is 7.18. The Bertz CT molecular complexity index is 510. The first-order valence-corrected chi connectivity index (χ1v) is 6.25. The van der Waals surface area contributed by atoms with Gasteiger partial charge >= 0.3 is 0 Å². The van der Waals surface area contributed by atoms with E-state index in [1.165, 1.54) is 5.56 Å². The van der Waals surface area contributed by atoms with Crippen LogP contribution in [0.5, 0.6) is 0 Å². The Morgan fingerprint density at radius 3 is 2.62 bits per heavy atom. The van der Waals surface area contributed by atoms with Gasteiger partial charge in [-0.3, -0.25) is 0 Å². The third-order valence-corrected chi connectivity index (χ3v) is 3.70. The molecular formula is C13H17NOS. The molecule has 1 N–H and O–H groups in total. The van der Waals surface area contributed by atoms with Crippen molar-refractivity contribution in [2.45, 2.75) is 33.8 Å². The number of nitrogens with zero attached hydrogens (tertiary/aromatic N) is 1. The van der Waals surface area contributed by atoms with Crippen molar-refractivity contribution in [1.82, 2.24) is 4.98 Å². The van der Waals surface area contributed by atoms with E-state index in [-0.39, 0.29) is 5.41 Å². The van der Waals surface area contributed by atoms with E-state index in [1.807, 2.05) is 20.8 Å². The molecule has 0 radical (unpaired) electrons. The van der Waals surface area contributed by atoms with Gasteiger partial charge in [0.15, 0.2) is 0 Å². The predicted molar refractivity (Wildman–Crippen MR) is 68.8 cm³/mol. The molecule has 0 saturated carbocycles. The second kappa shape index (κ2) is 3.82. The summed E-state index contributed by atoms with van der Waals surface area (Å²) in [6.07, 6.45) is -0.495. The quantitative estimate of drug-likeness (QED) is 0.818. The van der Waals surface area contributed by atoms with E-state index in [9.17, 15) is 5.11 Å². The number of benzene rings is 1. The summed E-state index contributed by atoms with van der Waals surface area (Å²) in [6.45, 7) is 8.12. The monoisotopic (exact) mass is 235 g/mol. The van der Waals surface area contributed by atoms with Crippen molar-refractivity contribution in [3.05, 3.63) is 28.8 Å². The van der Waals surface area contributed by atoms with Gasteiger partial charge in [0.1, 0.15) is 11.1 Å². The first-order valence-electron chi connectivity index (χ1n) is 5.43. The number of hydrogen-bond donors (Lipinski definition) is 1. The largest absolute Gasteiger partial charge is 0.385 e. The van der Waals surface area contributed by atoms with Crippen molar-refractivity contribution in [2.24, 2.45) is 5.41 Å². The first kappa shape index (κ1) is 11.6. The van der Waals surface area contributed by atoms with Gasteiger partial charge in [0.2, 0.25) is 0 Å². The van der Waals surface area contributed by atoms with Crippen LogP contribution in [0.2, 0.25) is 0 Å². The van der Waals surface area contributed by atoms with Crippen molar-refractivity contribution in [1.29, 1.82) is 0 Å². The van der Waals surface area contributed by atoms with Crippen LogP contribution in [0.4, 0.5) is 0 Å². The smallest absolute Gasteiger partial charge is 0.123 e.